The van der Waals surface area contributed by atoms with Gasteiger partial charge in [0.15, 0.2) is 11.6 Å². The maximum atomic E-state index is 13.6. The average Bonchev–Trinajstić information content (AvgIpc) is 2.80. The highest BCUT2D eigenvalue weighted by Crippen LogP contribution is 2.16. The van der Waals surface area contributed by atoms with E-state index in [4.69, 9.17) is 5.11 Å². The van der Waals surface area contributed by atoms with Gasteiger partial charge in [-0.1, -0.05) is 0 Å². The second-order valence-corrected chi connectivity index (χ2v) is 4.09. The summed E-state index contributed by atoms with van der Waals surface area (Å²) < 4.78 is 13.6. The first kappa shape index (κ1) is 11.5. The molecule has 4 nitrogen and oxygen atoms in total. The standard InChI is InChI=1S/C11H9FN2O2S/c12-9-8(11(15)16)1-3-13-10(9)14-5-7-2-4-17-6-7/h1-4,6H,5H2,(H,13,14)(H,15,16). The fraction of sp³-hybridized carbons (Fsp3) is 0.0909. The van der Waals surface area contributed by atoms with Crippen LogP contribution in [-0.2, 0) is 6.54 Å². The van der Waals surface area contributed by atoms with E-state index < -0.39 is 11.8 Å². The summed E-state index contributed by atoms with van der Waals surface area (Å²) in [5.41, 5.74) is 0.616. The highest BCUT2D eigenvalue weighted by Gasteiger charge is 2.14. The smallest absolute Gasteiger partial charge is 0.338 e. The van der Waals surface area contributed by atoms with Crippen LogP contribution in [0.15, 0.2) is 29.1 Å². The number of pyridine rings is 1. The minimum Gasteiger partial charge on any atom is -0.478 e. The number of carboxylic acids is 1. The van der Waals surface area contributed by atoms with E-state index in [0.29, 0.717) is 6.54 Å². The van der Waals surface area contributed by atoms with Crippen molar-refractivity contribution in [3.05, 3.63) is 46.0 Å². The summed E-state index contributed by atoms with van der Waals surface area (Å²) in [7, 11) is 0. The molecule has 0 aliphatic carbocycles. The third kappa shape index (κ3) is 2.59. The molecular formula is C11H9FN2O2S. The van der Waals surface area contributed by atoms with Crippen LogP contribution < -0.4 is 5.32 Å². The Hall–Kier alpha value is -1.95. The van der Waals surface area contributed by atoms with Gasteiger partial charge in [-0.05, 0) is 28.5 Å². The molecule has 0 bridgehead atoms. The van der Waals surface area contributed by atoms with Crippen molar-refractivity contribution >= 4 is 23.1 Å². The van der Waals surface area contributed by atoms with Crippen molar-refractivity contribution in [1.82, 2.24) is 4.98 Å². The lowest BCUT2D eigenvalue weighted by Gasteiger charge is -2.06. The molecule has 2 aromatic rings. The van der Waals surface area contributed by atoms with E-state index >= 15 is 0 Å². The molecule has 6 heteroatoms. The van der Waals surface area contributed by atoms with Crippen molar-refractivity contribution in [1.29, 1.82) is 0 Å². The van der Waals surface area contributed by atoms with E-state index in [0.717, 1.165) is 11.6 Å². The number of aromatic carboxylic acids is 1. The zero-order valence-electron chi connectivity index (χ0n) is 8.68. The Kier molecular flexibility index (Phi) is 3.34. The van der Waals surface area contributed by atoms with Crippen LogP contribution in [-0.4, -0.2) is 16.1 Å². The number of nitrogens with zero attached hydrogens (tertiary/aromatic N) is 1. The number of nitrogens with one attached hydrogen (secondary N) is 1. The predicted molar refractivity (Wildman–Crippen MR) is 62.8 cm³/mol. The third-order valence-corrected chi connectivity index (χ3v) is 2.89. The van der Waals surface area contributed by atoms with Gasteiger partial charge in [-0.3, -0.25) is 0 Å². The lowest BCUT2D eigenvalue weighted by Crippen LogP contribution is -2.08. The van der Waals surface area contributed by atoms with E-state index in [-0.39, 0.29) is 11.4 Å². The van der Waals surface area contributed by atoms with Gasteiger partial charge in [-0.15, -0.1) is 0 Å². The molecule has 2 heterocycles. The maximum Gasteiger partial charge on any atom is 0.338 e. The molecule has 17 heavy (non-hydrogen) atoms. The van der Waals surface area contributed by atoms with Gasteiger partial charge in [0.2, 0.25) is 0 Å². The molecule has 2 aromatic heterocycles. The first-order valence-corrected chi connectivity index (χ1v) is 5.75. The van der Waals surface area contributed by atoms with E-state index in [1.165, 1.54) is 17.5 Å². The van der Waals surface area contributed by atoms with Crippen LogP contribution in [0.4, 0.5) is 10.2 Å². The lowest BCUT2D eigenvalue weighted by molar-refractivity contribution is 0.0692. The average molecular weight is 252 g/mol. The van der Waals surface area contributed by atoms with E-state index in [9.17, 15) is 9.18 Å². The van der Waals surface area contributed by atoms with Gasteiger partial charge < -0.3 is 10.4 Å². The fourth-order valence-electron chi connectivity index (χ4n) is 1.31. The van der Waals surface area contributed by atoms with Gasteiger partial charge >= 0.3 is 5.97 Å². The van der Waals surface area contributed by atoms with Crippen LogP contribution in [0.2, 0.25) is 0 Å². The number of carbonyl (C=O) groups is 1. The monoisotopic (exact) mass is 252 g/mol. The van der Waals surface area contributed by atoms with Crippen LogP contribution in [0, 0.1) is 5.82 Å². The van der Waals surface area contributed by atoms with Crippen LogP contribution >= 0.6 is 11.3 Å². The summed E-state index contributed by atoms with van der Waals surface area (Å²) in [5, 5.41) is 15.3. The molecule has 0 atom stereocenters. The van der Waals surface area contributed by atoms with Crippen molar-refractivity contribution in [3.8, 4) is 0 Å². The second kappa shape index (κ2) is 4.92. The number of thiophene rings is 1. The number of anilines is 1. The second-order valence-electron chi connectivity index (χ2n) is 3.31. The van der Waals surface area contributed by atoms with Gasteiger partial charge in [-0.2, -0.15) is 11.3 Å². The molecule has 0 saturated heterocycles. The lowest BCUT2D eigenvalue weighted by atomic mass is 10.2. The zero-order chi connectivity index (χ0) is 12.3. The van der Waals surface area contributed by atoms with Crippen molar-refractivity contribution in [2.75, 3.05) is 5.32 Å². The van der Waals surface area contributed by atoms with Gasteiger partial charge in [-0.25, -0.2) is 14.2 Å². The maximum absolute atomic E-state index is 13.6. The molecule has 88 valence electrons. The summed E-state index contributed by atoms with van der Waals surface area (Å²) >= 11 is 1.54. The van der Waals surface area contributed by atoms with Crippen molar-refractivity contribution in [2.45, 2.75) is 6.54 Å². The molecule has 0 fully saturated rings. The van der Waals surface area contributed by atoms with Crippen LogP contribution in [0.3, 0.4) is 0 Å². The molecule has 0 unspecified atom stereocenters. The first-order chi connectivity index (χ1) is 8.18. The largest absolute Gasteiger partial charge is 0.478 e. The molecule has 0 spiro atoms. The van der Waals surface area contributed by atoms with Crippen molar-refractivity contribution in [3.63, 3.8) is 0 Å². The van der Waals surface area contributed by atoms with E-state index in [2.05, 4.69) is 10.3 Å². The minimum atomic E-state index is -1.30. The van der Waals surface area contributed by atoms with E-state index in [1.807, 2.05) is 16.8 Å². The zero-order valence-corrected chi connectivity index (χ0v) is 9.50. The highest BCUT2D eigenvalue weighted by atomic mass is 32.1. The van der Waals surface area contributed by atoms with Gasteiger partial charge in [0, 0.05) is 12.7 Å². The molecule has 0 saturated carbocycles. The Morgan fingerprint density at radius 2 is 2.35 bits per heavy atom. The third-order valence-electron chi connectivity index (χ3n) is 2.16. The molecule has 0 aromatic carbocycles. The number of carboxylic acid groups (broad SMARTS) is 1. The molecule has 0 aliphatic heterocycles. The van der Waals surface area contributed by atoms with Crippen LogP contribution in [0.1, 0.15) is 15.9 Å². The Morgan fingerprint density at radius 3 is 3.00 bits per heavy atom. The molecular weight excluding hydrogens is 243 g/mol. The summed E-state index contributed by atoms with van der Waals surface area (Å²) in [6.45, 7) is 0.413. The predicted octanol–water partition coefficient (Wildman–Crippen LogP) is 2.59. The van der Waals surface area contributed by atoms with Gasteiger partial charge in [0.05, 0.1) is 0 Å². The molecule has 0 radical (unpaired) electrons. The fourth-order valence-corrected chi connectivity index (χ4v) is 1.98. The minimum absolute atomic E-state index is 0.0453. The molecule has 2 rings (SSSR count). The Morgan fingerprint density at radius 1 is 1.53 bits per heavy atom. The Labute approximate surface area is 101 Å². The number of hydrogen-bond acceptors (Lipinski definition) is 4. The van der Waals surface area contributed by atoms with Crippen LogP contribution in [0.5, 0.6) is 0 Å². The Balaban J connectivity index is 2.16. The number of aromatic nitrogens is 1. The summed E-state index contributed by atoms with van der Waals surface area (Å²) in [6.07, 6.45) is 1.27. The number of halogens is 1. The SMILES string of the molecule is O=C(O)c1ccnc(NCc2ccsc2)c1F. The number of hydrogen-bond donors (Lipinski definition) is 2. The highest BCUT2D eigenvalue weighted by molar-refractivity contribution is 7.07. The van der Waals surface area contributed by atoms with Crippen molar-refractivity contribution in [2.24, 2.45) is 0 Å². The molecule has 0 aliphatic rings. The quantitative estimate of drug-likeness (QED) is 0.878. The van der Waals surface area contributed by atoms with Gasteiger partial charge in [0.25, 0.3) is 0 Å². The first-order valence-electron chi connectivity index (χ1n) is 4.81. The summed E-state index contributed by atoms with van der Waals surface area (Å²) in [4.78, 5) is 14.5. The topological polar surface area (TPSA) is 62.2 Å². The summed E-state index contributed by atoms with van der Waals surface area (Å²) in [5.74, 6) is -2.19. The van der Waals surface area contributed by atoms with Gasteiger partial charge in [0.1, 0.15) is 5.56 Å². The van der Waals surface area contributed by atoms with E-state index in [1.54, 1.807) is 0 Å². The van der Waals surface area contributed by atoms with Crippen LogP contribution in [0.25, 0.3) is 0 Å². The molecule has 0 amide bonds. The van der Waals surface area contributed by atoms with Crippen molar-refractivity contribution < 1.29 is 14.3 Å². The Bertz CT molecular complexity index is 528. The number of rotatable bonds is 4. The normalized spacial score (nSPS) is 10.2. The summed E-state index contributed by atoms with van der Waals surface area (Å²) in [6, 6.07) is 3.03. The molecule has 2 N–H and O–H groups in total.